The van der Waals surface area contributed by atoms with E-state index in [4.69, 9.17) is 4.43 Å². The number of allylic oxidation sites excluding steroid dienone is 2. The Bertz CT molecular complexity index is 242. The first-order chi connectivity index (χ1) is 7.33. The fraction of sp³-hybridized carbons (Fsp3) is 0.857. The van der Waals surface area contributed by atoms with Gasteiger partial charge in [0.1, 0.15) is 0 Å². The Labute approximate surface area is 102 Å². The molecular formula is C14H28OSi. The van der Waals surface area contributed by atoms with Crippen LogP contribution in [0.25, 0.3) is 0 Å². The van der Waals surface area contributed by atoms with E-state index in [2.05, 4.69) is 39.9 Å². The van der Waals surface area contributed by atoms with Crippen molar-refractivity contribution >= 4 is 8.32 Å². The van der Waals surface area contributed by atoms with Crippen LogP contribution >= 0.6 is 0 Å². The lowest BCUT2D eigenvalue weighted by Crippen LogP contribution is -2.40. The Hall–Kier alpha value is -0.0831. The van der Waals surface area contributed by atoms with E-state index in [1.54, 1.807) is 5.57 Å². The van der Waals surface area contributed by atoms with E-state index in [1.807, 2.05) is 0 Å². The predicted octanol–water partition coefficient (Wildman–Crippen LogP) is 4.90. The van der Waals surface area contributed by atoms with Crippen molar-refractivity contribution in [3.05, 3.63) is 11.6 Å². The molecule has 0 unspecified atom stereocenters. The molecule has 0 aromatic rings. The summed E-state index contributed by atoms with van der Waals surface area (Å²) in [5.74, 6) is 0. The van der Waals surface area contributed by atoms with E-state index in [9.17, 15) is 0 Å². The van der Waals surface area contributed by atoms with Crippen LogP contribution < -0.4 is 0 Å². The van der Waals surface area contributed by atoms with Crippen molar-refractivity contribution in [2.45, 2.75) is 71.0 Å². The molecule has 1 nitrogen and oxygen atoms in total. The number of unbranched alkanes of at least 4 members (excludes halogenated alkanes) is 2. The van der Waals surface area contributed by atoms with Gasteiger partial charge >= 0.3 is 0 Å². The van der Waals surface area contributed by atoms with Crippen molar-refractivity contribution in [2.75, 3.05) is 6.61 Å². The van der Waals surface area contributed by atoms with Gasteiger partial charge in [-0.3, -0.25) is 0 Å². The fourth-order valence-electron chi connectivity index (χ4n) is 1.37. The summed E-state index contributed by atoms with van der Waals surface area (Å²) < 4.78 is 6.13. The molecule has 94 valence electrons. The van der Waals surface area contributed by atoms with Gasteiger partial charge in [0.25, 0.3) is 0 Å². The number of rotatable bonds is 6. The lowest BCUT2D eigenvalue weighted by molar-refractivity contribution is 0.279. The van der Waals surface area contributed by atoms with Crippen molar-refractivity contribution in [1.29, 1.82) is 0 Å². The fourth-order valence-corrected chi connectivity index (χ4v) is 2.46. The van der Waals surface area contributed by atoms with Gasteiger partial charge in [0, 0.05) is 6.61 Å². The van der Waals surface area contributed by atoms with E-state index >= 15 is 0 Å². The molecule has 1 aliphatic rings. The molecule has 0 aliphatic heterocycles. The van der Waals surface area contributed by atoms with Gasteiger partial charge in [-0.05, 0) is 50.2 Å². The largest absolute Gasteiger partial charge is 0.417 e. The molecule has 0 amide bonds. The van der Waals surface area contributed by atoms with Gasteiger partial charge in [-0.2, -0.15) is 0 Å². The molecule has 0 heterocycles. The first-order valence-corrected chi connectivity index (χ1v) is 9.56. The minimum atomic E-state index is -1.49. The van der Waals surface area contributed by atoms with Gasteiger partial charge in [-0.1, -0.05) is 32.4 Å². The first kappa shape index (κ1) is 14.0. The lowest BCUT2D eigenvalue weighted by atomic mass is 10.2. The first-order valence-electron chi connectivity index (χ1n) is 6.65. The molecule has 0 spiro atoms. The smallest absolute Gasteiger partial charge is 0.191 e. The molecule has 0 aromatic heterocycles. The second kappa shape index (κ2) is 5.50. The molecule has 1 aliphatic carbocycles. The van der Waals surface area contributed by atoms with E-state index in [1.165, 1.54) is 32.1 Å². The molecule has 0 atom stereocenters. The summed E-state index contributed by atoms with van der Waals surface area (Å²) in [6.07, 6.45) is 8.91. The van der Waals surface area contributed by atoms with Gasteiger partial charge in [0.05, 0.1) is 0 Å². The normalized spacial score (nSPS) is 16.4. The number of hydrogen-bond donors (Lipinski definition) is 0. The summed E-state index contributed by atoms with van der Waals surface area (Å²) in [6.45, 7) is 12.5. The minimum Gasteiger partial charge on any atom is -0.417 e. The molecule has 0 aromatic carbocycles. The van der Waals surface area contributed by atoms with Crippen LogP contribution in [0.3, 0.4) is 0 Å². The quantitative estimate of drug-likeness (QED) is 0.364. The zero-order chi connectivity index (χ0) is 12.2. The summed E-state index contributed by atoms with van der Waals surface area (Å²) in [7, 11) is -1.49. The van der Waals surface area contributed by atoms with E-state index in [0.29, 0.717) is 5.04 Å². The number of hydrogen-bond acceptors (Lipinski definition) is 1. The summed E-state index contributed by atoms with van der Waals surface area (Å²) >= 11 is 0. The van der Waals surface area contributed by atoms with Crippen LogP contribution in [0.15, 0.2) is 11.6 Å². The van der Waals surface area contributed by atoms with E-state index in [0.717, 1.165) is 6.61 Å². The SMILES string of the molecule is CC(C)(C)[Si](C)(C)OCCCCC=C1CC1. The third-order valence-corrected chi connectivity index (χ3v) is 8.38. The van der Waals surface area contributed by atoms with Crippen LogP contribution in [-0.4, -0.2) is 14.9 Å². The molecule has 0 bridgehead atoms. The van der Waals surface area contributed by atoms with Crippen molar-refractivity contribution in [3.8, 4) is 0 Å². The van der Waals surface area contributed by atoms with E-state index < -0.39 is 8.32 Å². The maximum Gasteiger partial charge on any atom is 0.191 e. The Kier molecular flexibility index (Phi) is 4.81. The van der Waals surface area contributed by atoms with Crippen LogP contribution in [0, 0.1) is 0 Å². The lowest BCUT2D eigenvalue weighted by Gasteiger charge is -2.36. The molecule has 0 N–H and O–H groups in total. The van der Waals surface area contributed by atoms with Crippen molar-refractivity contribution in [3.63, 3.8) is 0 Å². The Morgan fingerprint density at radius 1 is 1.19 bits per heavy atom. The Morgan fingerprint density at radius 2 is 1.81 bits per heavy atom. The highest BCUT2D eigenvalue weighted by Gasteiger charge is 2.36. The van der Waals surface area contributed by atoms with Gasteiger partial charge in [-0.25, -0.2) is 0 Å². The third kappa shape index (κ3) is 4.83. The van der Waals surface area contributed by atoms with Crippen LogP contribution in [0.1, 0.15) is 52.9 Å². The Morgan fingerprint density at radius 3 is 2.31 bits per heavy atom. The van der Waals surface area contributed by atoms with Crippen LogP contribution in [-0.2, 0) is 4.43 Å². The molecule has 1 fully saturated rings. The third-order valence-electron chi connectivity index (χ3n) is 3.84. The summed E-state index contributed by atoms with van der Waals surface area (Å²) in [6, 6.07) is 0. The monoisotopic (exact) mass is 240 g/mol. The summed E-state index contributed by atoms with van der Waals surface area (Å²) in [5, 5.41) is 0.350. The second-order valence-corrected chi connectivity index (χ2v) is 11.3. The van der Waals surface area contributed by atoms with Gasteiger partial charge in [-0.15, -0.1) is 0 Å². The standard InChI is InChI=1S/C14H28OSi/c1-14(2,3)16(4,5)15-12-8-6-7-9-13-10-11-13/h9H,6-8,10-12H2,1-5H3. The molecule has 1 saturated carbocycles. The molecule has 1 rings (SSSR count). The molecule has 0 saturated heterocycles. The zero-order valence-corrected chi connectivity index (χ0v) is 12.7. The topological polar surface area (TPSA) is 9.23 Å². The average molecular weight is 240 g/mol. The minimum absolute atomic E-state index is 0.350. The molecule has 16 heavy (non-hydrogen) atoms. The van der Waals surface area contributed by atoms with Gasteiger partial charge in [0.2, 0.25) is 0 Å². The maximum atomic E-state index is 6.13. The molecule has 0 radical (unpaired) electrons. The second-order valence-electron chi connectivity index (χ2n) is 6.47. The van der Waals surface area contributed by atoms with Gasteiger partial charge < -0.3 is 4.43 Å². The predicted molar refractivity (Wildman–Crippen MR) is 74.3 cm³/mol. The van der Waals surface area contributed by atoms with Crippen LogP contribution in [0.5, 0.6) is 0 Å². The highest BCUT2D eigenvalue weighted by Crippen LogP contribution is 2.36. The highest BCUT2D eigenvalue weighted by molar-refractivity contribution is 6.74. The van der Waals surface area contributed by atoms with Crippen molar-refractivity contribution in [2.24, 2.45) is 0 Å². The maximum absolute atomic E-state index is 6.13. The summed E-state index contributed by atoms with van der Waals surface area (Å²) in [4.78, 5) is 0. The van der Waals surface area contributed by atoms with Crippen LogP contribution in [0.2, 0.25) is 18.1 Å². The highest BCUT2D eigenvalue weighted by atomic mass is 28.4. The van der Waals surface area contributed by atoms with Crippen LogP contribution in [0.4, 0.5) is 0 Å². The van der Waals surface area contributed by atoms with Gasteiger partial charge in [0.15, 0.2) is 8.32 Å². The zero-order valence-electron chi connectivity index (χ0n) is 11.7. The Balaban J connectivity index is 2.07. The molecule has 2 heteroatoms. The van der Waals surface area contributed by atoms with E-state index in [-0.39, 0.29) is 0 Å². The molecular weight excluding hydrogens is 212 g/mol. The summed E-state index contributed by atoms with van der Waals surface area (Å²) in [5.41, 5.74) is 1.67. The average Bonchev–Trinajstić information content (AvgIpc) is 2.92. The van der Waals surface area contributed by atoms with Crippen molar-refractivity contribution in [1.82, 2.24) is 0 Å². The van der Waals surface area contributed by atoms with Crippen molar-refractivity contribution < 1.29 is 4.43 Å².